The van der Waals surface area contributed by atoms with Crippen LogP contribution in [0.25, 0.3) is 0 Å². The van der Waals surface area contributed by atoms with Gasteiger partial charge in [-0.25, -0.2) is 8.42 Å². The van der Waals surface area contributed by atoms with Gasteiger partial charge in [-0.15, -0.1) is 0 Å². The average molecular weight is 363 g/mol. The lowest BCUT2D eigenvalue weighted by Gasteiger charge is -2.11. The summed E-state index contributed by atoms with van der Waals surface area (Å²) in [4.78, 5) is 22.2. The standard InChI is InChI=1S/C16H17N3O5S/c1-11-3-6-13(10-15(11)18-25(2,23)24)17-16(20)9-12-4-7-14(8-5-12)19(21)22/h3-8,10,18H,9H2,1-2H3,(H,17,20). The van der Waals surface area contributed by atoms with Gasteiger partial charge in [0, 0.05) is 17.8 Å². The molecule has 2 aromatic carbocycles. The molecule has 2 N–H and O–H groups in total. The molecular weight excluding hydrogens is 346 g/mol. The zero-order valence-corrected chi connectivity index (χ0v) is 14.5. The van der Waals surface area contributed by atoms with Crippen LogP contribution in [0, 0.1) is 17.0 Å². The van der Waals surface area contributed by atoms with Crippen LogP contribution in [0.1, 0.15) is 11.1 Å². The molecule has 8 nitrogen and oxygen atoms in total. The van der Waals surface area contributed by atoms with Crippen molar-refractivity contribution in [2.75, 3.05) is 16.3 Å². The van der Waals surface area contributed by atoms with E-state index in [0.29, 0.717) is 16.9 Å². The summed E-state index contributed by atoms with van der Waals surface area (Å²) in [6, 6.07) is 10.6. The molecule has 0 aliphatic rings. The minimum Gasteiger partial charge on any atom is -0.326 e. The number of nitro benzene ring substituents is 1. The van der Waals surface area contributed by atoms with Crippen LogP contribution >= 0.6 is 0 Å². The van der Waals surface area contributed by atoms with Gasteiger partial charge in [-0.2, -0.15) is 0 Å². The number of aryl methyl sites for hydroxylation is 1. The third-order valence-corrected chi connectivity index (χ3v) is 3.92. The minimum atomic E-state index is -3.42. The number of carbonyl (C=O) groups excluding carboxylic acids is 1. The number of non-ortho nitro benzene ring substituents is 1. The van der Waals surface area contributed by atoms with E-state index >= 15 is 0 Å². The van der Waals surface area contributed by atoms with E-state index < -0.39 is 14.9 Å². The molecular formula is C16H17N3O5S. The Kier molecular flexibility index (Phi) is 5.38. The minimum absolute atomic E-state index is 0.0424. The van der Waals surface area contributed by atoms with E-state index in [1.807, 2.05) is 0 Å². The molecule has 0 aliphatic carbocycles. The van der Waals surface area contributed by atoms with Crippen molar-refractivity contribution in [3.63, 3.8) is 0 Å². The van der Waals surface area contributed by atoms with Crippen LogP contribution < -0.4 is 10.0 Å². The van der Waals surface area contributed by atoms with Crippen molar-refractivity contribution in [3.8, 4) is 0 Å². The number of rotatable bonds is 6. The molecule has 0 fully saturated rings. The fraction of sp³-hybridized carbons (Fsp3) is 0.188. The largest absolute Gasteiger partial charge is 0.326 e. The predicted molar refractivity (Wildman–Crippen MR) is 95.1 cm³/mol. The number of anilines is 2. The molecule has 2 rings (SSSR count). The highest BCUT2D eigenvalue weighted by atomic mass is 32.2. The molecule has 0 aromatic heterocycles. The molecule has 0 saturated carbocycles. The first-order valence-corrected chi connectivity index (χ1v) is 9.15. The van der Waals surface area contributed by atoms with Gasteiger partial charge >= 0.3 is 0 Å². The molecule has 0 saturated heterocycles. The first-order valence-electron chi connectivity index (χ1n) is 7.26. The fourth-order valence-electron chi connectivity index (χ4n) is 2.14. The second kappa shape index (κ2) is 7.31. The number of hydrogen-bond donors (Lipinski definition) is 2. The third-order valence-electron chi connectivity index (χ3n) is 3.33. The summed E-state index contributed by atoms with van der Waals surface area (Å²) in [5.41, 5.74) is 2.14. The Morgan fingerprint density at radius 2 is 1.80 bits per heavy atom. The van der Waals surface area contributed by atoms with Crippen molar-refractivity contribution in [1.29, 1.82) is 0 Å². The summed E-state index contributed by atoms with van der Waals surface area (Å²) in [6.45, 7) is 1.75. The molecule has 0 radical (unpaired) electrons. The molecule has 2 aromatic rings. The SMILES string of the molecule is Cc1ccc(NC(=O)Cc2ccc([N+](=O)[O-])cc2)cc1NS(C)(=O)=O. The van der Waals surface area contributed by atoms with Crippen LogP contribution in [0.2, 0.25) is 0 Å². The van der Waals surface area contributed by atoms with Gasteiger partial charge in [0.05, 0.1) is 23.3 Å². The van der Waals surface area contributed by atoms with Gasteiger partial charge in [0.2, 0.25) is 15.9 Å². The molecule has 0 heterocycles. The Labute approximate surface area is 145 Å². The van der Waals surface area contributed by atoms with Crippen LogP contribution in [-0.4, -0.2) is 25.5 Å². The van der Waals surface area contributed by atoms with Gasteiger partial charge in [0.1, 0.15) is 0 Å². The summed E-state index contributed by atoms with van der Waals surface area (Å²) in [6.07, 6.45) is 1.09. The van der Waals surface area contributed by atoms with Crippen molar-refractivity contribution in [1.82, 2.24) is 0 Å². The first-order chi connectivity index (χ1) is 11.6. The lowest BCUT2D eigenvalue weighted by atomic mass is 10.1. The number of nitro groups is 1. The highest BCUT2D eigenvalue weighted by Crippen LogP contribution is 2.21. The number of sulfonamides is 1. The summed E-state index contributed by atoms with van der Waals surface area (Å²) in [5.74, 6) is -0.317. The van der Waals surface area contributed by atoms with Gasteiger partial charge < -0.3 is 5.32 Å². The Morgan fingerprint density at radius 3 is 2.36 bits per heavy atom. The van der Waals surface area contributed by atoms with Crippen LogP contribution in [0.15, 0.2) is 42.5 Å². The number of carbonyl (C=O) groups is 1. The molecule has 0 aliphatic heterocycles. The Morgan fingerprint density at radius 1 is 1.16 bits per heavy atom. The topological polar surface area (TPSA) is 118 Å². The van der Waals surface area contributed by atoms with Crippen molar-refractivity contribution < 1.29 is 18.1 Å². The summed E-state index contributed by atoms with van der Waals surface area (Å²) in [5, 5.41) is 13.3. The van der Waals surface area contributed by atoms with E-state index in [1.54, 1.807) is 19.1 Å². The molecule has 132 valence electrons. The lowest BCUT2D eigenvalue weighted by molar-refractivity contribution is -0.384. The first kappa shape index (κ1) is 18.4. The van der Waals surface area contributed by atoms with Crippen LogP contribution in [0.5, 0.6) is 0 Å². The van der Waals surface area contributed by atoms with E-state index in [9.17, 15) is 23.3 Å². The van der Waals surface area contributed by atoms with Crippen molar-refractivity contribution >= 4 is 33.0 Å². The van der Waals surface area contributed by atoms with Crippen molar-refractivity contribution in [3.05, 3.63) is 63.7 Å². The maximum atomic E-state index is 12.1. The monoisotopic (exact) mass is 363 g/mol. The maximum absolute atomic E-state index is 12.1. The quantitative estimate of drug-likeness (QED) is 0.604. The number of benzene rings is 2. The molecule has 0 unspecified atom stereocenters. The normalized spacial score (nSPS) is 11.0. The van der Waals surface area contributed by atoms with Gasteiger partial charge in [-0.3, -0.25) is 19.6 Å². The van der Waals surface area contributed by atoms with E-state index in [1.165, 1.54) is 30.3 Å². The smallest absolute Gasteiger partial charge is 0.269 e. The predicted octanol–water partition coefficient (Wildman–Crippen LogP) is 2.46. The lowest BCUT2D eigenvalue weighted by Crippen LogP contribution is -2.15. The van der Waals surface area contributed by atoms with E-state index in [2.05, 4.69) is 10.0 Å². The van der Waals surface area contributed by atoms with Gasteiger partial charge in [-0.1, -0.05) is 18.2 Å². The van der Waals surface area contributed by atoms with Crippen LogP contribution in [-0.2, 0) is 21.2 Å². The number of nitrogens with zero attached hydrogens (tertiary/aromatic N) is 1. The number of nitrogens with one attached hydrogen (secondary N) is 2. The zero-order chi connectivity index (χ0) is 18.6. The number of amides is 1. The average Bonchev–Trinajstić information content (AvgIpc) is 2.49. The summed E-state index contributed by atoms with van der Waals surface area (Å²) < 4.78 is 25.1. The molecule has 0 atom stereocenters. The zero-order valence-electron chi connectivity index (χ0n) is 13.6. The van der Waals surface area contributed by atoms with E-state index in [0.717, 1.165) is 11.8 Å². The molecule has 1 amide bonds. The van der Waals surface area contributed by atoms with Crippen LogP contribution in [0.3, 0.4) is 0 Å². The Balaban J connectivity index is 2.07. The maximum Gasteiger partial charge on any atom is 0.269 e. The second-order valence-corrected chi connectivity index (χ2v) is 7.30. The van der Waals surface area contributed by atoms with Crippen molar-refractivity contribution in [2.24, 2.45) is 0 Å². The van der Waals surface area contributed by atoms with E-state index in [-0.39, 0.29) is 18.0 Å². The number of hydrogen-bond acceptors (Lipinski definition) is 5. The second-order valence-electron chi connectivity index (χ2n) is 5.55. The summed E-state index contributed by atoms with van der Waals surface area (Å²) >= 11 is 0. The van der Waals surface area contributed by atoms with Crippen molar-refractivity contribution in [2.45, 2.75) is 13.3 Å². The molecule has 0 spiro atoms. The third kappa shape index (κ3) is 5.57. The highest BCUT2D eigenvalue weighted by molar-refractivity contribution is 7.92. The molecule has 9 heteroatoms. The molecule has 25 heavy (non-hydrogen) atoms. The van der Waals surface area contributed by atoms with E-state index in [4.69, 9.17) is 0 Å². The molecule has 0 bridgehead atoms. The van der Waals surface area contributed by atoms with Gasteiger partial charge in [0.25, 0.3) is 5.69 Å². The Bertz CT molecular complexity index is 908. The highest BCUT2D eigenvalue weighted by Gasteiger charge is 2.10. The summed E-state index contributed by atoms with van der Waals surface area (Å²) in [7, 11) is -3.42. The fourth-order valence-corrected chi connectivity index (χ4v) is 2.75. The van der Waals surface area contributed by atoms with Crippen LogP contribution in [0.4, 0.5) is 17.1 Å². The van der Waals surface area contributed by atoms with Gasteiger partial charge in [-0.05, 0) is 30.2 Å². The Hall–Kier alpha value is -2.94. The van der Waals surface area contributed by atoms with Gasteiger partial charge in [0.15, 0.2) is 0 Å².